The van der Waals surface area contributed by atoms with Gasteiger partial charge >= 0.3 is 0 Å². The SMILES string of the molecule is CC1=C(O)C(c2c(O)c(C)cc(C(C)C)c2C(C)C)=CCC1(C)C. The van der Waals surface area contributed by atoms with Crippen LogP contribution in [0.3, 0.4) is 0 Å². The molecule has 2 nitrogen and oxygen atoms in total. The summed E-state index contributed by atoms with van der Waals surface area (Å²) in [5.41, 5.74) is 5.83. The number of aryl methyl sites for hydroxylation is 1. The van der Waals surface area contributed by atoms with Crippen LogP contribution in [-0.4, -0.2) is 10.2 Å². The van der Waals surface area contributed by atoms with Gasteiger partial charge < -0.3 is 10.2 Å². The quantitative estimate of drug-likeness (QED) is 0.657. The Morgan fingerprint density at radius 1 is 1.00 bits per heavy atom. The van der Waals surface area contributed by atoms with Gasteiger partial charge in [-0.05, 0) is 59.8 Å². The third kappa shape index (κ3) is 2.99. The summed E-state index contributed by atoms with van der Waals surface area (Å²) in [5.74, 6) is 1.26. The number of aliphatic hydroxyl groups is 1. The molecule has 132 valence electrons. The summed E-state index contributed by atoms with van der Waals surface area (Å²) in [5, 5.41) is 21.7. The second-order valence-electron chi connectivity index (χ2n) is 8.41. The molecule has 0 saturated heterocycles. The fourth-order valence-electron chi connectivity index (χ4n) is 3.57. The monoisotopic (exact) mass is 328 g/mol. The highest BCUT2D eigenvalue weighted by molar-refractivity contribution is 5.85. The number of phenolic OH excluding ortho intramolecular Hbond substituents is 1. The van der Waals surface area contributed by atoms with Crippen molar-refractivity contribution < 1.29 is 10.2 Å². The van der Waals surface area contributed by atoms with Crippen LogP contribution < -0.4 is 0 Å². The van der Waals surface area contributed by atoms with Gasteiger partial charge in [0.1, 0.15) is 11.5 Å². The van der Waals surface area contributed by atoms with E-state index in [2.05, 4.69) is 53.7 Å². The Labute approximate surface area is 146 Å². The molecule has 0 bridgehead atoms. The number of rotatable bonds is 3. The first-order chi connectivity index (χ1) is 11.0. The minimum absolute atomic E-state index is 0.0497. The van der Waals surface area contributed by atoms with E-state index in [1.54, 1.807) is 0 Å². The lowest BCUT2D eigenvalue weighted by atomic mass is 9.73. The molecule has 1 aliphatic rings. The number of hydrogen-bond acceptors (Lipinski definition) is 2. The number of aromatic hydroxyl groups is 1. The molecule has 24 heavy (non-hydrogen) atoms. The van der Waals surface area contributed by atoms with Crippen LogP contribution in [0.2, 0.25) is 0 Å². The molecule has 0 heterocycles. The fraction of sp³-hybridized carbons (Fsp3) is 0.545. The largest absolute Gasteiger partial charge is 0.507 e. The molecule has 2 N–H and O–H groups in total. The minimum Gasteiger partial charge on any atom is -0.507 e. The summed E-state index contributed by atoms with van der Waals surface area (Å²) >= 11 is 0. The van der Waals surface area contributed by atoms with Gasteiger partial charge in [0.2, 0.25) is 0 Å². The lowest BCUT2D eigenvalue weighted by molar-refractivity contribution is 0.369. The van der Waals surface area contributed by atoms with E-state index in [0.29, 0.717) is 17.4 Å². The fourth-order valence-corrected chi connectivity index (χ4v) is 3.57. The van der Waals surface area contributed by atoms with E-state index in [-0.39, 0.29) is 11.3 Å². The summed E-state index contributed by atoms with van der Waals surface area (Å²) in [6, 6.07) is 2.10. The van der Waals surface area contributed by atoms with Gasteiger partial charge in [-0.2, -0.15) is 0 Å². The zero-order chi connectivity index (χ0) is 18.4. The number of hydrogen-bond donors (Lipinski definition) is 2. The third-order valence-electron chi connectivity index (χ3n) is 5.47. The molecule has 1 aromatic carbocycles. The van der Waals surface area contributed by atoms with E-state index in [9.17, 15) is 10.2 Å². The molecular weight excluding hydrogens is 296 g/mol. The first-order valence-corrected chi connectivity index (χ1v) is 8.96. The topological polar surface area (TPSA) is 40.5 Å². The zero-order valence-electron chi connectivity index (χ0n) is 16.4. The van der Waals surface area contributed by atoms with Crippen LogP contribution in [0, 0.1) is 12.3 Å². The van der Waals surface area contributed by atoms with Crippen molar-refractivity contribution in [2.75, 3.05) is 0 Å². The van der Waals surface area contributed by atoms with Gasteiger partial charge in [-0.3, -0.25) is 0 Å². The van der Waals surface area contributed by atoms with Crippen molar-refractivity contribution in [3.05, 3.63) is 45.7 Å². The average molecular weight is 328 g/mol. The van der Waals surface area contributed by atoms with Gasteiger partial charge in [-0.25, -0.2) is 0 Å². The van der Waals surface area contributed by atoms with Crippen molar-refractivity contribution in [3.63, 3.8) is 0 Å². The second kappa shape index (κ2) is 6.31. The molecule has 0 amide bonds. The van der Waals surface area contributed by atoms with Crippen LogP contribution in [0.15, 0.2) is 23.5 Å². The molecule has 0 spiro atoms. The summed E-state index contributed by atoms with van der Waals surface area (Å²) in [4.78, 5) is 0. The summed E-state index contributed by atoms with van der Waals surface area (Å²) in [7, 11) is 0. The highest BCUT2D eigenvalue weighted by atomic mass is 16.3. The Hall–Kier alpha value is -1.70. The predicted octanol–water partition coefficient (Wildman–Crippen LogP) is 6.59. The molecule has 0 fully saturated rings. The molecular formula is C22H32O2. The normalized spacial score (nSPS) is 17.7. The molecule has 0 aromatic heterocycles. The van der Waals surface area contributed by atoms with Gasteiger partial charge in [0.15, 0.2) is 0 Å². The molecule has 0 aliphatic heterocycles. The Morgan fingerprint density at radius 2 is 1.58 bits per heavy atom. The Kier molecular flexibility index (Phi) is 4.90. The van der Waals surface area contributed by atoms with Crippen molar-refractivity contribution in [2.24, 2.45) is 5.41 Å². The van der Waals surface area contributed by atoms with Crippen molar-refractivity contribution in [3.8, 4) is 5.75 Å². The first kappa shape index (κ1) is 18.6. The Morgan fingerprint density at radius 3 is 2.08 bits per heavy atom. The zero-order valence-corrected chi connectivity index (χ0v) is 16.4. The van der Waals surface area contributed by atoms with Crippen molar-refractivity contribution >= 4 is 5.57 Å². The lowest BCUT2D eigenvalue weighted by Crippen LogP contribution is -2.19. The van der Waals surface area contributed by atoms with Crippen molar-refractivity contribution in [1.29, 1.82) is 0 Å². The summed E-state index contributed by atoms with van der Waals surface area (Å²) in [6.07, 6.45) is 2.95. The highest BCUT2D eigenvalue weighted by Gasteiger charge is 2.31. The highest BCUT2D eigenvalue weighted by Crippen LogP contribution is 2.47. The maximum absolute atomic E-state index is 10.9. The summed E-state index contributed by atoms with van der Waals surface area (Å²) < 4.78 is 0. The molecule has 2 rings (SSSR count). The molecule has 1 aromatic rings. The number of aliphatic hydroxyl groups excluding tert-OH is 1. The van der Waals surface area contributed by atoms with Gasteiger partial charge in [0.05, 0.1) is 0 Å². The van der Waals surface area contributed by atoms with E-state index in [4.69, 9.17) is 0 Å². The van der Waals surface area contributed by atoms with Crippen molar-refractivity contribution in [2.45, 2.75) is 73.6 Å². The van der Waals surface area contributed by atoms with Gasteiger partial charge in [-0.1, -0.05) is 53.7 Å². The maximum Gasteiger partial charge on any atom is 0.126 e. The first-order valence-electron chi connectivity index (χ1n) is 8.96. The van der Waals surface area contributed by atoms with Gasteiger partial charge in [-0.15, -0.1) is 0 Å². The van der Waals surface area contributed by atoms with Gasteiger partial charge in [0, 0.05) is 11.1 Å². The average Bonchev–Trinajstić information content (AvgIpc) is 2.47. The van der Waals surface area contributed by atoms with Crippen LogP contribution in [0.4, 0.5) is 0 Å². The van der Waals surface area contributed by atoms with Crippen molar-refractivity contribution in [1.82, 2.24) is 0 Å². The van der Waals surface area contributed by atoms with E-state index in [1.807, 2.05) is 13.8 Å². The van der Waals surface area contributed by atoms with E-state index in [0.717, 1.165) is 34.3 Å². The third-order valence-corrected chi connectivity index (χ3v) is 5.47. The molecule has 0 unspecified atom stereocenters. The van der Waals surface area contributed by atoms with Crippen LogP contribution in [0.1, 0.15) is 89.0 Å². The van der Waals surface area contributed by atoms with Crippen LogP contribution >= 0.6 is 0 Å². The molecule has 1 aliphatic carbocycles. The van der Waals surface area contributed by atoms with E-state index in [1.165, 1.54) is 5.56 Å². The molecule has 0 atom stereocenters. The van der Waals surface area contributed by atoms with Crippen LogP contribution in [0.5, 0.6) is 5.75 Å². The minimum atomic E-state index is -0.0497. The van der Waals surface area contributed by atoms with E-state index >= 15 is 0 Å². The second-order valence-corrected chi connectivity index (χ2v) is 8.41. The van der Waals surface area contributed by atoms with Crippen LogP contribution in [0.25, 0.3) is 5.57 Å². The Balaban J connectivity index is 2.82. The molecule has 2 heteroatoms. The molecule has 0 saturated carbocycles. The number of benzene rings is 1. The Bertz CT molecular complexity index is 716. The molecule has 0 radical (unpaired) electrons. The summed E-state index contributed by atoms with van der Waals surface area (Å²) in [6.45, 7) is 16.9. The standard InChI is InChI=1S/C22H32O2/c1-12(2)17-11-14(5)20(23)19(18(17)13(3)4)16-9-10-22(7,8)15(6)21(16)24/h9,11-13,23-24H,10H2,1-8H3. The number of allylic oxidation sites excluding steroid dienone is 3. The van der Waals surface area contributed by atoms with E-state index < -0.39 is 0 Å². The number of phenols is 1. The lowest BCUT2D eigenvalue weighted by Gasteiger charge is -2.32. The smallest absolute Gasteiger partial charge is 0.126 e. The maximum atomic E-state index is 10.9. The predicted molar refractivity (Wildman–Crippen MR) is 103 cm³/mol. The van der Waals surface area contributed by atoms with Gasteiger partial charge in [0.25, 0.3) is 0 Å². The van der Waals surface area contributed by atoms with Crippen LogP contribution in [-0.2, 0) is 0 Å².